The molecule has 0 aromatic rings. The Morgan fingerprint density at radius 1 is 1.06 bits per heavy atom. The summed E-state index contributed by atoms with van der Waals surface area (Å²) < 4.78 is 9.58. The highest BCUT2D eigenvalue weighted by atomic mass is 16.5. The van der Waals surface area contributed by atoms with Gasteiger partial charge in [0.05, 0.1) is 13.2 Å². The quantitative estimate of drug-likeness (QED) is 0.332. The van der Waals surface area contributed by atoms with Gasteiger partial charge in [0, 0.05) is 6.42 Å². The molecule has 7 nitrogen and oxygen atoms in total. The molecule has 0 aromatic carbocycles. The number of aldehydes is 2. The lowest BCUT2D eigenvalue weighted by Gasteiger charge is -2.02. The summed E-state index contributed by atoms with van der Waals surface area (Å²) in [6.45, 7) is 1.95. The number of ketones is 1. The molecule has 0 unspecified atom stereocenters. The van der Waals surface area contributed by atoms with Crippen LogP contribution in [-0.4, -0.2) is 55.9 Å². The molecule has 0 aromatic heterocycles. The van der Waals surface area contributed by atoms with Crippen LogP contribution in [0.4, 0.5) is 0 Å². The molecule has 0 saturated heterocycles. The molecule has 0 heterocycles. The molecular weight excluding hydrogens is 232 g/mol. The Labute approximate surface area is 98.7 Å². The summed E-state index contributed by atoms with van der Waals surface area (Å²) >= 11 is 0. The van der Waals surface area contributed by atoms with E-state index in [2.05, 4.69) is 4.74 Å². The summed E-state index contributed by atoms with van der Waals surface area (Å²) in [5.41, 5.74) is 0. The van der Waals surface area contributed by atoms with E-state index >= 15 is 0 Å². The second-order valence-electron chi connectivity index (χ2n) is 2.66. The van der Waals surface area contributed by atoms with E-state index in [-0.39, 0.29) is 44.8 Å². The van der Waals surface area contributed by atoms with Gasteiger partial charge in [0.2, 0.25) is 0 Å². The van der Waals surface area contributed by atoms with Crippen LogP contribution in [0.25, 0.3) is 0 Å². The summed E-state index contributed by atoms with van der Waals surface area (Å²) in [6.07, 6.45) is 0.843. The maximum Gasteiger partial charge on any atom is 0.329 e. The average Bonchev–Trinajstić information content (AvgIpc) is 2.33. The summed E-state index contributed by atoms with van der Waals surface area (Å²) in [6, 6.07) is 0. The average molecular weight is 248 g/mol. The molecule has 1 N–H and O–H groups in total. The smallest absolute Gasteiger partial charge is 0.329 e. The fraction of sp³-hybridized carbons (Fsp3) is 0.600. The third kappa shape index (κ3) is 20.5. The topological polar surface area (TPSA) is 107 Å². The molecule has 0 spiro atoms. The first-order chi connectivity index (χ1) is 8.08. The first-order valence-electron chi connectivity index (χ1n) is 4.86. The van der Waals surface area contributed by atoms with Crippen LogP contribution < -0.4 is 0 Å². The zero-order valence-electron chi connectivity index (χ0n) is 9.59. The van der Waals surface area contributed by atoms with Crippen LogP contribution in [0.5, 0.6) is 0 Å². The number of rotatable bonds is 9. The largest absolute Gasteiger partial charge is 0.480 e. The molecule has 0 atom stereocenters. The number of carbonyl (C=O) groups is 4. The first-order valence-corrected chi connectivity index (χ1v) is 4.86. The standard InChI is InChI=1S/C8H14O5.C2H2O2/c1-2-7(9)5-12-3-4-13-6-8(10)11;3-1-2-4/h2-6H2,1H3,(H,10,11);1-2H. The van der Waals surface area contributed by atoms with Crippen molar-refractivity contribution < 1.29 is 33.8 Å². The zero-order valence-corrected chi connectivity index (χ0v) is 9.59. The minimum atomic E-state index is -1.01. The number of hydrogen-bond acceptors (Lipinski definition) is 6. The zero-order chi connectivity index (χ0) is 13.5. The highest BCUT2D eigenvalue weighted by Gasteiger charge is 1.98. The molecule has 0 bridgehead atoms. The number of Topliss-reactive ketones (excluding diaryl/α,β-unsaturated/α-hetero) is 1. The molecule has 17 heavy (non-hydrogen) atoms. The number of hydrogen-bond donors (Lipinski definition) is 1. The Bertz CT molecular complexity index is 231. The lowest BCUT2D eigenvalue weighted by atomic mass is 10.3. The summed E-state index contributed by atoms with van der Waals surface area (Å²) in [5, 5.41) is 8.18. The van der Waals surface area contributed by atoms with Gasteiger partial charge in [-0.05, 0) is 0 Å². The van der Waals surface area contributed by atoms with Gasteiger partial charge in [-0.2, -0.15) is 0 Å². The lowest BCUT2D eigenvalue weighted by molar-refractivity contribution is -0.143. The van der Waals surface area contributed by atoms with E-state index in [0.29, 0.717) is 6.42 Å². The van der Waals surface area contributed by atoms with Crippen LogP contribution in [0, 0.1) is 0 Å². The van der Waals surface area contributed by atoms with E-state index in [1.54, 1.807) is 6.92 Å². The third-order valence-electron chi connectivity index (χ3n) is 1.31. The van der Waals surface area contributed by atoms with Gasteiger partial charge >= 0.3 is 5.97 Å². The van der Waals surface area contributed by atoms with Gasteiger partial charge in [-0.15, -0.1) is 0 Å². The second kappa shape index (κ2) is 14.4. The van der Waals surface area contributed by atoms with Crippen LogP contribution in [0.2, 0.25) is 0 Å². The SMILES string of the molecule is CCC(=O)COCCOCC(=O)O.O=CC=O. The Kier molecular flexibility index (Phi) is 15.1. The minimum Gasteiger partial charge on any atom is -0.480 e. The molecule has 0 aliphatic carbocycles. The van der Waals surface area contributed by atoms with Crippen LogP contribution in [0.1, 0.15) is 13.3 Å². The van der Waals surface area contributed by atoms with E-state index in [1.165, 1.54) is 0 Å². The lowest BCUT2D eigenvalue weighted by Crippen LogP contribution is -2.14. The van der Waals surface area contributed by atoms with Gasteiger partial charge in [-0.25, -0.2) is 4.79 Å². The third-order valence-corrected chi connectivity index (χ3v) is 1.31. The summed E-state index contributed by atoms with van der Waals surface area (Å²) in [7, 11) is 0. The van der Waals surface area contributed by atoms with Crippen molar-refractivity contribution in [3.05, 3.63) is 0 Å². The number of carbonyl (C=O) groups excluding carboxylic acids is 3. The fourth-order valence-corrected chi connectivity index (χ4v) is 0.565. The van der Waals surface area contributed by atoms with E-state index in [1.807, 2.05) is 0 Å². The van der Waals surface area contributed by atoms with Crippen molar-refractivity contribution in [2.75, 3.05) is 26.4 Å². The van der Waals surface area contributed by atoms with Crippen molar-refractivity contribution >= 4 is 24.3 Å². The Balaban J connectivity index is 0. The maximum atomic E-state index is 10.7. The molecule has 0 radical (unpaired) electrons. The maximum absolute atomic E-state index is 10.7. The molecule has 0 rings (SSSR count). The Morgan fingerprint density at radius 2 is 1.53 bits per heavy atom. The van der Waals surface area contributed by atoms with Crippen LogP contribution >= 0.6 is 0 Å². The number of carboxylic acid groups (broad SMARTS) is 1. The Hall–Kier alpha value is -1.60. The van der Waals surface area contributed by atoms with Gasteiger partial charge in [-0.3, -0.25) is 14.4 Å². The van der Waals surface area contributed by atoms with Crippen molar-refractivity contribution in [3.8, 4) is 0 Å². The predicted molar refractivity (Wildman–Crippen MR) is 56.7 cm³/mol. The second-order valence-corrected chi connectivity index (χ2v) is 2.66. The van der Waals surface area contributed by atoms with E-state index in [4.69, 9.17) is 19.4 Å². The van der Waals surface area contributed by atoms with Gasteiger partial charge < -0.3 is 14.6 Å². The highest BCUT2D eigenvalue weighted by molar-refractivity contribution is 6.09. The van der Waals surface area contributed by atoms with Gasteiger partial charge in [0.1, 0.15) is 13.2 Å². The Morgan fingerprint density at radius 3 is 1.88 bits per heavy atom. The number of aliphatic carboxylic acids is 1. The molecular formula is C10H16O7. The van der Waals surface area contributed by atoms with Crippen molar-refractivity contribution in [2.45, 2.75) is 13.3 Å². The molecule has 98 valence electrons. The van der Waals surface area contributed by atoms with Gasteiger partial charge in [-0.1, -0.05) is 6.92 Å². The fourth-order valence-electron chi connectivity index (χ4n) is 0.565. The van der Waals surface area contributed by atoms with Crippen molar-refractivity contribution in [2.24, 2.45) is 0 Å². The molecule has 0 aliphatic heterocycles. The van der Waals surface area contributed by atoms with Gasteiger partial charge in [0.15, 0.2) is 18.4 Å². The molecule has 0 fully saturated rings. The summed E-state index contributed by atoms with van der Waals surface area (Å²) in [5.74, 6) is -0.983. The van der Waals surface area contributed by atoms with Crippen molar-refractivity contribution in [3.63, 3.8) is 0 Å². The normalized spacial score (nSPS) is 8.76. The molecule has 0 aliphatic rings. The first kappa shape index (κ1) is 17.8. The van der Waals surface area contributed by atoms with Gasteiger partial charge in [0.25, 0.3) is 0 Å². The number of carboxylic acids is 1. The van der Waals surface area contributed by atoms with E-state index < -0.39 is 5.97 Å². The van der Waals surface area contributed by atoms with Crippen LogP contribution in [0.15, 0.2) is 0 Å². The van der Waals surface area contributed by atoms with Crippen LogP contribution in [-0.2, 0) is 28.7 Å². The monoisotopic (exact) mass is 248 g/mol. The van der Waals surface area contributed by atoms with Crippen LogP contribution in [0.3, 0.4) is 0 Å². The molecule has 7 heteroatoms. The van der Waals surface area contributed by atoms with E-state index in [0.717, 1.165) is 0 Å². The molecule has 0 saturated carbocycles. The van der Waals surface area contributed by atoms with Crippen molar-refractivity contribution in [1.82, 2.24) is 0 Å². The predicted octanol–water partition coefficient (Wildman–Crippen LogP) is -0.532. The minimum absolute atomic E-state index is 0.0261. The number of ether oxygens (including phenoxy) is 2. The molecule has 0 amide bonds. The van der Waals surface area contributed by atoms with E-state index in [9.17, 15) is 9.59 Å². The summed E-state index contributed by atoms with van der Waals surface area (Å²) in [4.78, 5) is 38.3. The van der Waals surface area contributed by atoms with Crippen molar-refractivity contribution in [1.29, 1.82) is 0 Å². The highest BCUT2D eigenvalue weighted by Crippen LogP contribution is 1.84.